The molecule has 0 aliphatic carbocycles. The molecular formula is C24H32N6O3. The van der Waals surface area contributed by atoms with Gasteiger partial charge >= 0.3 is 5.69 Å². The van der Waals surface area contributed by atoms with Gasteiger partial charge in [-0.1, -0.05) is 33.8 Å². The van der Waals surface area contributed by atoms with Crippen LogP contribution in [-0.2, 0) is 6.54 Å². The molecule has 33 heavy (non-hydrogen) atoms. The first-order chi connectivity index (χ1) is 15.8. The van der Waals surface area contributed by atoms with Crippen molar-refractivity contribution >= 4 is 22.8 Å². The van der Waals surface area contributed by atoms with Crippen LogP contribution in [0.15, 0.2) is 40.1 Å². The van der Waals surface area contributed by atoms with Crippen LogP contribution in [0.1, 0.15) is 62.5 Å². The maximum Gasteiger partial charge on any atom is 0.330 e. The quantitative estimate of drug-likeness (QED) is 0.407. The van der Waals surface area contributed by atoms with Gasteiger partial charge in [-0.05, 0) is 42.9 Å². The van der Waals surface area contributed by atoms with E-state index in [9.17, 15) is 14.4 Å². The number of hydrogen-bond acceptors (Lipinski definition) is 6. The molecule has 0 radical (unpaired) electrons. The topological polar surface area (TPSA) is 122 Å². The number of nitrogens with zero attached hydrogens (tertiary/aromatic N) is 3. The first-order valence-corrected chi connectivity index (χ1v) is 11.4. The molecule has 0 saturated heterocycles. The van der Waals surface area contributed by atoms with Crippen molar-refractivity contribution in [1.29, 1.82) is 0 Å². The number of fused-ring (bicyclic) bond motifs is 1. The van der Waals surface area contributed by atoms with Gasteiger partial charge < -0.3 is 10.6 Å². The van der Waals surface area contributed by atoms with Crippen molar-refractivity contribution in [2.75, 3.05) is 18.4 Å². The molecule has 0 fully saturated rings. The summed E-state index contributed by atoms with van der Waals surface area (Å²) in [4.78, 5) is 49.4. The SMILES string of the molecule is CC(C)Cn1c(=O)[nH]c(=O)c2c(C(=O)NCCCCNc3ccccn3)cc(C(C)C)nc21. The Morgan fingerprint density at radius 3 is 2.55 bits per heavy atom. The molecule has 9 nitrogen and oxygen atoms in total. The lowest BCUT2D eigenvalue weighted by Gasteiger charge is -2.16. The standard InChI is InChI=1S/C24H32N6O3/c1-15(2)14-30-21-20(23(32)29-24(30)33)17(13-18(28-21)16(3)4)22(31)27-12-8-7-11-26-19-9-5-6-10-25-19/h5-6,9-10,13,15-16H,7-8,11-12,14H2,1-4H3,(H,25,26)(H,27,31)(H,29,32,33). The smallest absolute Gasteiger partial charge is 0.330 e. The predicted octanol–water partition coefficient (Wildman–Crippen LogP) is 2.88. The average Bonchev–Trinajstić information content (AvgIpc) is 2.78. The highest BCUT2D eigenvalue weighted by Gasteiger charge is 2.20. The van der Waals surface area contributed by atoms with E-state index in [2.05, 4.69) is 25.6 Å². The van der Waals surface area contributed by atoms with Crippen molar-refractivity contribution in [1.82, 2.24) is 24.8 Å². The predicted molar refractivity (Wildman–Crippen MR) is 130 cm³/mol. The summed E-state index contributed by atoms with van der Waals surface area (Å²) in [5, 5.41) is 6.29. The fourth-order valence-electron chi connectivity index (χ4n) is 3.53. The number of aromatic nitrogens is 4. The van der Waals surface area contributed by atoms with E-state index in [1.807, 2.05) is 45.9 Å². The van der Waals surface area contributed by atoms with Crippen molar-refractivity contribution < 1.29 is 4.79 Å². The molecule has 0 bridgehead atoms. The Balaban J connectivity index is 1.78. The number of carbonyl (C=O) groups excluding carboxylic acids is 1. The molecule has 0 aliphatic heterocycles. The van der Waals surface area contributed by atoms with E-state index in [1.54, 1.807) is 12.3 Å². The Kier molecular flexibility index (Phi) is 7.97. The number of anilines is 1. The van der Waals surface area contributed by atoms with E-state index in [-0.39, 0.29) is 34.3 Å². The minimum atomic E-state index is -0.595. The van der Waals surface area contributed by atoms with Crippen molar-refractivity contribution in [2.45, 2.75) is 53.0 Å². The summed E-state index contributed by atoms with van der Waals surface area (Å²) in [6, 6.07) is 7.34. The van der Waals surface area contributed by atoms with E-state index in [4.69, 9.17) is 0 Å². The average molecular weight is 453 g/mol. The third kappa shape index (κ3) is 6.06. The monoisotopic (exact) mass is 452 g/mol. The molecule has 0 atom stereocenters. The number of rotatable bonds is 10. The van der Waals surface area contributed by atoms with E-state index < -0.39 is 11.2 Å². The molecule has 1 amide bonds. The second kappa shape index (κ2) is 10.9. The van der Waals surface area contributed by atoms with E-state index in [0.717, 1.165) is 25.2 Å². The Morgan fingerprint density at radius 2 is 1.88 bits per heavy atom. The largest absolute Gasteiger partial charge is 0.370 e. The Bertz CT molecular complexity index is 1210. The molecule has 3 N–H and O–H groups in total. The van der Waals surface area contributed by atoms with Crippen LogP contribution in [-0.4, -0.2) is 38.5 Å². The van der Waals surface area contributed by atoms with Crippen LogP contribution in [0.5, 0.6) is 0 Å². The summed E-state index contributed by atoms with van der Waals surface area (Å²) < 4.78 is 1.45. The lowest BCUT2D eigenvalue weighted by molar-refractivity contribution is 0.0954. The van der Waals surface area contributed by atoms with Crippen molar-refractivity contribution in [2.24, 2.45) is 5.92 Å². The van der Waals surface area contributed by atoms with Gasteiger partial charge in [-0.25, -0.2) is 14.8 Å². The first kappa shape index (κ1) is 24.2. The number of amides is 1. The molecule has 0 aromatic carbocycles. The molecular weight excluding hydrogens is 420 g/mol. The van der Waals surface area contributed by atoms with E-state index in [1.165, 1.54) is 4.57 Å². The molecule has 3 aromatic rings. The maximum absolute atomic E-state index is 13.1. The molecule has 9 heteroatoms. The second-order valence-electron chi connectivity index (χ2n) is 8.82. The van der Waals surface area contributed by atoms with Gasteiger partial charge in [0.2, 0.25) is 0 Å². The highest BCUT2D eigenvalue weighted by Crippen LogP contribution is 2.20. The summed E-state index contributed by atoms with van der Waals surface area (Å²) >= 11 is 0. The summed E-state index contributed by atoms with van der Waals surface area (Å²) in [7, 11) is 0. The lowest BCUT2D eigenvalue weighted by Crippen LogP contribution is -2.34. The van der Waals surface area contributed by atoms with Crippen LogP contribution in [0, 0.1) is 5.92 Å². The minimum absolute atomic E-state index is 0.0283. The molecule has 3 rings (SSSR count). The molecule has 0 aliphatic rings. The van der Waals surface area contributed by atoms with Crippen LogP contribution in [0.2, 0.25) is 0 Å². The van der Waals surface area contributed by atoms with E-state index >= 15 is 0 Å². The summed E-state index contributed by atoms with van der Waals surface area (Å²) in [6.07, 6.45) is 3.34. The Morgan fingerprint density at radius 1 is 1.12 bits per heavy atom. The Hall–Kier alpha value is -3.49. The van der Waals surface area contributed by atoms with Gasteiger partial charge in [0, 0.05) is 31.5 Å². The summed E-state index contributed by atoms with van der Waals surface area (Å²) in [6.45, 7) is 9.48. The zero-order chi connectivity index (χ0) is 24.0. The fraction of sp³-hybridized carbons (Fsp3) is 0.458. The van der Waals surface area contributed by atoms with Crippen molar-refractivity contribution in [3.63, 3.8) is 0 Å². The molecule has 176 valence electrons. The number of pyridine rings is 2. The number of hydrogen-bond donors (Lipinski definition) is 3. The van der Waals surface area contributed by atoms with Gasteiger partial charge in [0.05, 0.1) is 10.9 Å². The van der Waals surface area contributed by atoms with Crippen molar-refractivity contribution in [3.8, 4) is 0 Å². The minimum Gasteiger partial charge on any atom is -0.370 e. The van der Waals surface area contributed by atoms with Crippen LogP contribution in [0.25, 0.3) is 11.0 Å². The molecule has 3 aromatic heterocycles. The number of aromatic amines is 1. The second-order valence-corrected chi connectivity index (χ2v) is 8.82. The zero-order valence-corrected chi connectivity index (χ0v) is 19.6. The summed E-state index contributed by atoms with van der Waals surface area (Å²) in [5.74, 6) is 0.665. The fourth-order valence-corrected chi connectivity index (χ4v) is 3.53. The lowest BCUT2D eigenvalue weighted by atomic mass is 10.0. The van der Waals surface area contributed by atoms with Gasteiger partial charge in [-0.2, -0.15) is 0 Å². The van der Waals surface area contributed by atoms with Crippen molar-refractivity contribution in [3.05, 3.63) is 62.6 Å². The third-order valence-electron chi connectivity index (χ3n) is 5.21. The number of H-pyrrole nitrogens is 1. The number of carbonyl (C=O) groups is 1. The molecule has 0 unspecified atom stereocenters. The Labute approximate surface area is 192 Å². The normalized spacial score (nSPS) is 11.3. The zero-order valence-electron chi connectivity index (χ0n) is 19.6. The first-order valence-electron chi connectivity index (χ1n) is 11.4. The number of nitrogens with one attached hydrogen (secondary N) is 3. The van der Waals surface area contributed by atoms with E-state index in [0.29, 0.717) is 18.8 Å². The van der Waals surface area contributed by atoms with Crippen LogP contribution >= 0.6 is 0 Å². The van der Waals surface area contributed by atoms with Gasteiger partial charge in [0.1, 0.15) is 5.82 Å². The molecule has 0 spiro atoms. The highest BCUT2D eigenvalue weighted by molar-refractivity contribution is 6.05. The van der Waals surface area contributed by atoms with Gasteiger partial charge in [-0.15, -0.1) is 0 Å². The van der Waals surface area contributed by atoms with Crippen LogP contribution in [0.4, 0.5) is 5.82 Å². The van der Waals surface area contributed by atoms with Gasteiger partial charge in [-0.3, -0.25) is 19.1 Å². The van der Waals surface area contributed by atoms with Crippen LogP contribution in [0.3, 0.4) is 0 Å². The van der Waals surface area contributed by atoms with Gasteiger partial charge in [0.15, 0.2) is 5.65 Å². The molecule has 3 heterocycles. The van der Waals surface area contributed by atoms with Gasteiger partial charge in [0.25, 0.3) is 11.5 Å². The third-order valence-corrected chi connectivity index (χ3v) is 5.21. The highest BCUT2D eigenvalue weighted by atomic mass is 16.2. The molecule has 0 saturated carbocycles. The summed E-state index contributed by atoms with van der Waals surface area (Å²) in [5.41, 5.74) is 0.0565. The van der Waals surface area contributed by atoms with Crippen LogP contribution < -0.4 is 21.9 Å². The number of unbranched alkanes of at least 4 members (excludes halogenated alkanes) is 1. The maximum atomic E-state index is 13.1.